The third-order valence-corrected chi connectivity index (χ3v) is 3.21. The molecule has 1 aliphatic carbocycles. The highest BCUT2D eigenvalue weighted by Crippen LogP contribution is 2.30. The van der Waals surface area contributed by atoms with Crippen LogP contribution in [0.2, 0.25) is 0 Å². The van der Waals surface area contributed by atoms with Crippen LogP contribution < -0.4 is 10.6 Å². The van der Waals surface area contributed by atoms with E-state index in [2.05, 4.69) is 34.4 Å². The van der Waals surface area contributed by atoms with Gasteiger partial charge in [0.05, 0.1) is 0 Å². The number of hydrogen-bond acceptors (Lipinski definition) is 4. The number of nitrogens with zero attached hydrogens (tertiary/aromatic N) is 2. The molecule has 1 saturated carbocycles. The zero-order chi connectivity index (χ0) is 11.7. The fraction of sp³-hybridized carbons (Fsp3) is 0.667. The first kappa shape index (κ1) is 11.2. The standard InChI is InChI=1S/C12H20N4/c1-7-5-10(6-7)16-12-8(2)11(13-4)14-9(3)15-12/h7,10H,5-6H2,1-4H3,(H2,13,14,15,16). The van der Waals surface area contributed by atoms with Crippen molar-refractivity contribution in [1.82, 2.24) is 9.97 Å². The Labute approximate surface area is 96.9 Å². The Hall–Kier alpha value is -1.32. The minimum atomic E-state index is 0.590. The monoisotopic (exact) mass is 220 g/mol. The van der Waals surface area contributed by atoms with Gasteiger partial charge in [-0.25, -0.2) is 9.97 Å². The van der Waals surface area contributed by atoms with E-state index in [1.807, 2.05) is 14.0 Å². The first-order valence-electron chi connectivity index (χ1n) is 5.89. The highest BCUT2D eigenvalue weighted by Gasteiger charge is 2.26. The van der Waals surface area contributed by atoms with Crippen molar-refractivity contribution in [1.29, 1.82) is 0 Å². The van der Waals surface area contributed by atoms with Gasteiger partial charge in [-0.2, -0.15) is 0 Å². The lowest BCUT2D eigenvalue weighted by Gasteiger charge is -2.34. The molecule has 4 heteroatoms. The van der Waals surface area contributed by atoms with E-state index in [4.69, 9.17) is 0 Å². The molecule has 88 valence electrons. The van der Waals surface area contributed by atoms with Gasteiger partial charge in [0.25, 0.3) is 0 Å². The lowest BCUT2D eigenvalue weighted by molar-refractivity contribution is 0.308. The maximum Gasteiger partial charge on any atom is 0.134 e. The Bertz CT molecular complexity index is 383. The Morgan fingerprint density at radius 1 is 1.12 bits per heavy atom. The third-order valence-electron chi connectivity index (χ3n) is 3.21. The van der Waals surface area contributed by atoms with Crippen molar-refractivity contribution in [2.24, 2.45) is 5.92 Å². The molecule has 1 fully saturated rings. The minimum absolute atomic E-state index is 0.590. The van der Waals surface area contributed by atoms with Crippen molar-refractivity contribution in [3.8, 4) is 0 Å². The summed E-state index contributed by atoms with van der Waals surface area (Å²) in [5.41, 5.74) is 1.10. The van der Waals surface area contributed by atoms with E-state index >= 15 is 0 Å². The van der Waals surface area contributed by atoms with Crippen LogP contribution in [0.3, 0.4) is 0 Å². The maximum atomic E-state index is 4.47. The molecule has 0 radical (unpaired) electrons. The molecule has 0 amide bonds. The van der Waals surface area contributed by atoms with Gasteiger partial charge in [0.15, 0.2) is 0 Å². The van der Waals surface area contributed by atoms with Gasteiger partial charge in [-0.1, -0.05) is 6.92 Å². The van der Waals surface area contributed by atoms with Crippen molar-refractivity contribution >= 4 is 11.6 Å². The summed E-state index contributed by atoms with van der Waals surface area (Å²) in [4.78, 5) is 8.82. The predicted molar refractivity (Wildman–Crippen MR) is 66.9 cm³/mol. The second kappa shape index (κ2) is 4.28. The van der Waals surface area contributed by atoms with Crippen molar-refractivity contribution in [3.63, 3.8) is 0 Å². The lowest BCUT2D eigenvalue weighted by atomic mass is 9.82. The van der Waals surface area contributed by atoms with Crippen LogP contribution in [0.1, 0.15) is 31.2 Å². The molecule has 4 nitrogen and oxygen atoms in total. The smallest absolute Gasteiger partial charge is 0.134 e. The highest BCUT2D eigenvalue weighted by molar-refractivity contribution is 5.57. The number of aromatic nitrogens is 2. The van der Waals surface area contributed by atoms with Crippen LogP contribution in [0, 0.1) is 19.8 Å². The zero-order valence-electron chi connectivity index (χ0n) is 10.5. The molecular weight excluding hydrogens is 200 g/mol. The van der Waals surface area contributed by atoms with Gasteiger partial charge in [-0.15, -0.1) is 0 Å². The van der Waals surface area contributed by atoms with Gasteiger partial charge in [-0.05, 0) is 32.6 Å². The van der Waals surface area contributed by atoms with E-state index in [1.165, 1.54) is 12.8 Å². The molecule has 1 aromatic rings. The summed E-state index contributed by atoms with van der Waals surface area (Å²) in [5, 5.41) is 6.60. The maximum absolute atomic E-state index is 4.47. The predicted octanol–water partition coefficient (Wildman–Crippen LogP) is 2.35. The molecule has 16 heavy (non-hydrogen) atoms. The minimum Gasteiger partial charge on any atom is -0.373 e. The number of anilines is 2. The SMILES string of the molecule is CNc1nc(C)nc(NC2CC(C)C2)c1C. The number of rotatable bonds is 3. The molecular formula is C12H20N4. The first-order valence-corrected chi connectivity index (χ1v) is 5.89. The zero-order valence-corrected chi connectivity index (χ0v) is 10.5. The Morgan fingerprint density at radius 2 is 1.75 bits per heavy atom. The third kappa shape index (κ3) is 2.10. The molecule has 2 N–H and O–H groups in total. The molecule has 0 aliphatic heterocycles. The average Bonchev–Trinajstić information content (AvgIpc) is 2.20. The molecule has 0 bridgehead atoms. The van der Waals surface area contributed by atoms with E-state index in [0.717, 1.165) is 28.9 Å². The van der Waals surface area contributed by atoms with E-state index in [0.29, 0.717) is 6.04 Å². The largest absolute Gasteiger partial charge is 0.373 e. The van der Waals surface area contributed by atoms with Crippen molar-refractivity contribution in [2.45, 2.75) is 39.7 Å². The van der Waals surface area contributed by atoms with E-state index in [-0.39, 0.29) is 0 Å². The van der Waals surface area contributed by atoms with Gasteiger partial charge in [0.2, 0.25) is 0 Å². The van der Waals surface area contributed by atoms with Crippen LogP contribution in [0.4, 0.5) is 11.6 Å². The molecule has 0 saturated heterocycles. The van der Waals surface area contributed by atoms with Crippen LogP contribution >= 0.6 is 0 Å². The first-order chi connectivity index (χ1) is 7.60. The van der Waals surface area contributed by atoms with Gasteiger partial charge in [-0.3, -0.25) is 0 Å². The summed E-state index contributed by atoms with van der Waals surface area (Å²) in [6, 6.07) is 0.590. The Kier molecular flexibility index (Phi) is 2.99. The topological polar surface area (TPSA) is 49.8 Å². The average molecular weight is 220 g/mol. The quantitative estimate of drug-likeness (QED) is 0.821. The van der Waals surface area contributed by atoms with Gasteiger partial charge in [0.1, 0.15) is 17.5 Å². The Balaban J connectivity index is 2.16. The van der Waals surface area contributed by atoms with Crippen LogP contribution in [-0.2, 0) is 0 Å². The highest BCUT2D eigenvalue weighted by atomic mass is 15.1. The fourth-order valence-corrected chi connectivity index (χ4v) is 2.23. The second-order valence-corrected chi connectivity index (χ2v) is 4.76. The molecule has 1 heterocycles. The van der Waals surface area contributed by atoms with Crippen LogP contribution in [0.25, 0.3) is 0 Å². The summed E-state index contributed by atoms with van der Waals surface area (Å²) in [6.45, 7) is 6.26. The molecule has 2 rings (SSSR count). The summed E-state index contributed by atoms with van der Waals surface area (Å²) in [7, 11) is 1.89. The summed E-state index contributed by atoms with van der Waals surface area (Å²) in [6.07, 6.45) is 2.49. The van der Waals surface area contributed by atoms with Crippen molar-refractivity contribution < 1.29 is 0 Å². The molecule has 0 atom stereocenters. The van der Waals surface area contributed by atoms with Gasteiger partial charge in [0, 0.05) is 18.7 Å². The van der Waals surface area contributed by atoms with Crippen molar-refractivity contribution in [2.75, 3.05) is 17.7 Å². The molecule has 0 unspecified atom stereocenters. The van der Waals surface area contributed by atoms with E-state index in [9.17, 15) is 0 Å². The Morgan fingerprint density at radius 3 is 2.31 bits per heavy atom. The number of aryl methyl sites for hydroxylation is 1. The van der Waals surface area contributed by atoms with Gasteiger partial charge < -0.3 is 10.6 Å². The summed E-state index contributed by atoms with van der Waals surface area (Å²) in [5.74, 6) is 3.56. The second-order valence-electron chi connectivity index (χ2n) is 4.76. The number of hydrogen-bond donors (Lipinski definition) is 2. The molecule has 1 aliphatic rings. The van der Waals surface area contributed by atoms with E-state index in [1.54, 1.807) is 0 Å². The van der Waals surface area contributed by atoms with Gasteiger partial charge >= 0.3 is 0 Å². The van der Waals surface area contributed by atoms with Crippen LogP contribution in [0.15, 0.2) is 0 Å². The lowest BCUT2D eigenvalue weighted by Crippen LogP contribution is -2.34. The van der Waals surface area contributed by atoms with Crippen LogP contribution in [0.5, 0.6) is 0 Å². The molecule has 0 aromatic carbocycles. The van der Waals surface area contributed by atoms with Crippen LogP contribution in [-0.4, -0.2) is 23.1 Å². The summed E-state index contributed by atoms with van der Waals surface area (Å²) >= 11 is 0. The van der Waals surface area contributed by atoms with E-state index < -0.39 is 0 Å². The molecule has 0 spiro atoms. The molecule has 1 aromatic heterocycles. The van der Waals surface area contributed by atoms with Crippen molar-refractivity contribution in [3.05, 3.63) is 11.4 Å². The normalized spacial score (nSPS) is 23.8. The number of nitrogens with one attached hydrogen (secondary N) is 2. The fourth-order valence-electron chi connectivity index (χ4n) is 2.23. The summed E-state index contributed by atoms with van der Waals surface area (Å²) < 4.78 is 0.